The summed E-state index contributed by atoms with van der Waals surface area (Å²) in [5.74, 6) is 0.174. The Morgan fingerprint density at radius 3 is 2.84 bits per heavy atom. The summed E-state index contributed by atoms with van der Waals surface area (Å²) in [5, 5.41) is 2.74. The monoisotopic (exact) mass is 278 g/mol. The normalized spacial score (nSPS) is 17.0. The van der Waals surface area contributed by atoms with E-state index in [1.54, 1.807) is 12.1 Å². The van der Waals surface area contributed by atoms with Gasteiger partial charge in [-0.05, 0) is 31.4 Å². The summed E-state index contributed by atoms with van der Waals surface area (Å²) in [5.41, 5.74) is 6.96. The fraction of sp³-hybridized carbons (Fsp3) is 0.357. The number of nitrogens with zero attached hydrogens (tertiary/aromatic N) is 1. The van der Waals surface area contributed by atoms with Gasteiger partial charge in [0.15, 0.2) is 0 Å². The number of rotatable bonds is 3. The van der Waals surface area contributed by atoms with E-state index in [2.05, 4.69) is 4.98 Å². The van der Waals surface area contributed by atoms with Crippen molar-refractivity contribution in [2.24, 2.45) is 5.73 Å². The summed E-state index contributed by atoms with van der Waals surface area (Å²) in [6, 6.07) is 4.78. The predicted octanol–water partition coefficient (Wildman–Crippen LogP) is 3.30. The van der Waals surface area contributed by atoms with Crippen LogP contribution in [0.2, 0.25) is 0 Å². The molecule has 0 spiro atoms. The maximum absolute atomic E-state index is 14.0. The van der Waals surface area contributed by atoms with Gasteiger partial charge in [0.05, 0.1) is 23.9 Å². The minimum atomic E-state index is -0.323. The van der Waals surface area contributed by atoms with Crippen molar-refractivity contribution < 1.29 is 9.13 Å². The second-order valence-electron chi connectivity index (χ2n) is 4.86. The van der Waals surface area contributed by atoms with Crippen LogP contribution >= 0.6 is 11.3 Å². The van der Waals surface area contributed by atoms with E-state index in [1.807, 2.05) is 5.38 Å². The zero-order valence-electron chi connectivity index (χ0n) is 10.6. The molecule has 1 aromatic heterocycles. The second kappa shape index (κ2) is 4.58. The quantitative estimate of drug-likeness (QED) is 0.937. The first-order valence-corrected chi connectivity index (χ1v) is 7.10. The van der Waals surface area contributed by atoms with Gasteiger partial charge >= 0.3 is 0 Å². The molecule has 2 aromatic rings. The maximum Gasteiger partial charge on any atom is 0.136 e. The molecular weight excluding hydrogens is 263 g/mol. The zero-order valence-corrected chi connectivity index (χ0v) is 11.5. The van der Waals surface area contributed by atoms with Crippen LogP contribution < -0.4 is 10.5 Å². The summed E-state index contributed by atoms with van der Waals surface area (Å²) in [4.78, 5) is 4.52. The molecule has 0 saturated heterocycles. The molecule has 0 amide bonds. The lowest BCUT2D eigenvalue weighted by molar-refractivity contribution is 0.253. The first kappa shape index (κ1) is 12.6. The van der Waals surface area contributed by atoms with Crippen molar-refractivity contribution in [1.82, 2.24) is 4.98 Å². The highest BCUT2D eigenvalue weighted by Crippen LogP contribution is 2.42. The van der Waals surface area contributed by atoms with Gasteiger partial charge in [-0.25, -0.2) is 9.37 Å². The van der Waals surface area contributed by atoms with Gasteiger partial charge in [-0.2, -0.15) is 0 Å². The average Bonchev–Trinajstić information content (AvgIpc) is 2.85. The molecule has 3 rings (SSSR count). The van der Waals surface area contributed by atoms with Gasteiger partial charge in [0, 0.05) is 5.38 Å². The number of ether oxygens (including phenoxy) is 1. The summed E-state index contributed by atoms with van der Waals surface area (Å²) in [6.07, 6.45) is 3.04. The van der Waals surface area contributed by atoms with E-state index in [1.165, 1.54) is 24.5 Å². The number of thiazole rings is 1. The first-order valence-electron chi connectivity index (χ1n) is 6.22. The van der Waals surface area contributed by atoms with E-state index < -0.39 is 0 Å². The third-order valence-electron chi connectivity index (χ3n) is 3.63. The molecule has 1 heterocycles. The van der Waals surface area contributed by atoms with Crippen molar-refractivity contribution in [2.45, 2.75) is 24.8 Å². The largest absolute Gasteiger partial charge is 0.496 e. The molecule has 1 aliphatic rings. The van der Waals surface area contributed by atoms with Gasteiger partial charge in [0.2, 0.25) is 0 Å². The molecule has 0 bridgehead atoms. The fourth-order valence-corrected chi connectivity index (χ4v) is 3.30. The number of nitrogens with two attached hydrogens (primary N) is 1. The van der Waals surface area contributed by atoms with Crippen LogP contribution in [0.15, 0.2) is 23.6 Å². The van der Waals surface area contributed by atoms with Crippen molar-refractivity contribution in [1.29, 1.82) is 0 Å². The molecule has 5 heteroatoms. The van der Waals surface area contributed by atoms with E-state index in [4.69, 9.17) is 10.5 Å². The number of hydrogen-bond acceptors (Lipinski definition) is 4. The van der Waals surface area contributed by atoms with Crippen molar-refractivity contribution in [3.8, 4) is 17.0 Å². The molecule has 19 heavy (non-hydrogen) atoms. The van der Waals surface area contributed by atoms with E-state index in [9.17, 15) is 4.39 Å². The Hall–Kier alpha value is -1.46. The molecule has 100 valence electrons. The minimum Gasteiger partial charge on any atom is -0.496 e. The third kappa shape index (κ3) is 2.03. The molecule has 0 unspecified atom stereocenters. The third-order valence-corrected chi connectivity index (χ3v) is 4.69. The van der Waals surface area contributed by atoms with Gasteiger partial charge in [-0.1, -0.05) is 6.07 Å². The lowest BCUT2D eigenvalue weighted by Gasteiger charge is -2.35. The smallest absolute Gasteiger partial charge is 0.136 e. The summed E-state index contributed by atoms with van der Waals surface area (Å²) < 4.78 is 19.2. The molecule has 3 nitrogen and oxygen atoms in total. The minimum absolute atomic E-state index is 0.304. The van der Waals surface area contributed by atoms with E-state index in [0.29, 0.717) is 17.0 Å². The summed E-state index contributed by atoms with van der Waals surface area (Å²) in [6.45, 7) is 0. The highest BCUT2D eigenvalue weighted by Gasteiger charge is 2.37. The van der Waals surface area contributed by atoms with E-state index in [0.717, 1.165) is 24.3 Å². The standard InChI is InChI=1S/C14H15FN2OS/c1-18-11-5-2-4-9(15)12(11)10-8-19-13(17-10)14(16)6-3-7-14/h2,4-5,8H,3,6-7,16H2,1H3. The Morgan fingerprint density at radius 1 is 1.42 bits per heavy atom. The fourth-order valence-electron chi connectivity index (χ4n) is 2.31. The molecule has 0 radical (unpaired) electrons. The summed E-state index contributed by atoms with van der Waals surface area (Å²) in [7, 11) is 1.53. The highest BCUT2D eigenvalue weighted by molar-refractivity contribution is 7.10. The number of benzene rings is 1. The van der Waals surface area contributed by atoms with Crippen molar-refractivity contribution in [2.75, 3.05) is 7.11 Å². The van der Waals surface area contributed by atoms with Crippen molar-refractivity contribution in [3.05, 3.63) is 34.4 Å². The molecule has 1 fully saturated rings. The maximum atomic E-state index is 14.0. The molecule has 0 atom stereocenters. The number of halogens is 1. The second-order valence-corrected chi connectivity index (χ2v) is 5.72. The lowest BCUT2D eigenvalue weighted by atomic mass is 9.78. The Bertz CT molecular complexity index is 607. The van der Waals surface area contributed by atoms with Crippen LogP contribution in [-0.2, 0) is 5.54 Å². The van der Waals surface area contributed by atoms with Crippen LogP contribution in [0.4, 0.5) is 4.39 Å². The average molecular weight is 278 g/mol. The molecule has 1 aromatic carbocycles. The van der Waals surface area contributed by atoms with E-state index in [-0.39, 0.29) is 11.4 Å². The first-order chi connectivity index (χ1) is 9.14. The highest BCUT2D eigenvalue weighted by atomic mass is 32.1. The van der Waals surface area contributed by atoms with Gasteiger partial charge < -0.3 is 10.5 Å². The molecular formula is C14H15FN2OS. The van der Waals surface area contributed by atoms with Gasteiger partial charge in [0.1, 0.15) is 16.6 Å². The van der Waals surface area contributed by atoms with Crippen LogP contribution in [0.1, 0.15) is 24.3 Å². The molecule has 1 aliphatic carbocycles. The Morgan fingerprint density at radius 2 is 2.21 bits per heavy atom. The van der Waals surface area contributed by atoms with Crippen LogP contribution in [0, 0.1) is 5.82 Å². The predicted molar refractivity (Wildman–Crippen MR) is 73.8 cm³/mol. The zero-order chi connectivity index (χ0) is 13.5. The Kier molecular flexibility index (Phi) is 3.03. The van der Waals surface area contributed by atoms with Gasteiger partial charge in [0.25, 0.3) is 0 Å². The molecule has 1 saturated carbocycles. The van der Waals surface area contributed by atoms with Crippen LogP contribution in [0.25, 0.3) is 11.3 Å². The molecule has 2 N–H and O–H groups in total. The topological polar surface area (TPSA) is 48.1 Å². The number of aromatic nitrogens is 1. The lowest BCUT2D eigenvalue weighted by Crippen LogP contribution is -2.43. The Balaban J connectivity index is 2.03. The Labute approximate surface area is 115 Å². The molecule has 0 aliphatic heterocycles. The number of methoxy groups -OCH3 is 1. The SMILES string of the molecule is COc1cccc(F)c1-c1csc(C2(N)CCC2)n1. The summed E-state index contributed by atoms with van der Waals surface area (Å²) >= 11 is 1.50. The van der Waals surface area contributed by atoms with Crippen LogP contribution in [0.5, 0.6) is 5.75 Å². The van der Waals surface area contributed by atoms with Gasteiger partial charge in [-0.15, -0.1) is 11.3 Å². The van der Waals surface area contributed by atoms with Crippen LogP contribution in [-0.4, -0.2) is 12.1 Å². The van der Waals surface area contributed by atoms with Gasteiger partial charge in [-0.3, -0.25) is 0 Å². The van der Waals surface area contributed by atoms with Crippen LogP contribution in [0.3, 0.4) is 0 Å². The van der Waals surface area contributed by atoms with Crippen molar-refractivity contribution in [3.63, 3.8) is 0 Å². The van der Waals surface area contributed by atoms with E-state index >= 15 is 0 Å². The number of hydrogen-bond donors (Lipinski definition) is 1. The van der Waals surface area contributed by atoms with Crippen molar-refractivity contribution >= 4 is 11.3 Å².